The third-order valence-corrected chi connectivity index (χ3v) is 5.15. The van der Waals surface area contributed by atoms with Crippen LogP contribution in [0.3, 0.4) is 0 Å². The minimum Gasteiger partial charge on any atom is -0.457 e. The summed E-state index contributed by atoms with van der Waals surface area (Å²) in [5, 5.41) is 0.530. The van der Waals surface area contributed by atoms with Crippen LogP contribution < -0.4 is 0 Å². The Morgan fingerprint density at radius 2 is 1.79 bits per heavy atom. The number of carbonyl (C=O) groups is 2. The van der Waals surface area contributed by atoms with Gasteiger partial charge in [-0.2, -0.15) is 0 Å². The molecule has 1 aliphatic rings. The second kappa shape index (κ2) is 8.10. The highest BCUT2D eigenvalue weighted by atomic mass is 35.5. The molecule has 7 heteroatoms. The van der Waals surface area contributed by atoms with Gasteiger partial charge in [-0.3, -0.25) is 4.79 Å². The average molecular weight is 406 g/mol. The second-order valence-electron chi connectivity index (χ2n) is 6.54. The van der Waals surface area contributed by atoms with Gasteiger partial charge < -0.3 is 9.64 Å². The number of hydrogen-bond donors (Lipinski definition) is 0. The van der Waals surface area contributed by atoms with Crippen molar-refractivity contribution in [1.82, 2.24) is 4.90 Å². The number of ether oxygens (including phenoxy) is 1. The molecule has 28 heavy (non-hydrogen) atoms. The van der Waals surface area contributed by atoms with Crippen LogP contribution in [-0.2, 0) is 20.9 Å². The predicted octanol–water partition coefficient (Wildman–Crippen LogP) is 4.58. The molecule has 146 valence electrons. The number of nitrogens with zero attached hydrogens (tertiary/aromatic N) is 1. The smallest absolute Gasteiger partial charge is 0.336 e. The van der Waals surface area contributed by atoms with Crippen LogP contribution in [0.25, 0.3) is 0 Å². The molecule has 1 atom stereocenters. The maximum atomic E-state index is 13.8. The van der Waals surface area contributed by atoms with Crippen LogP contribution in [0, 0.1) is 11.6 Å². The monoisotopic (exact) mass is 405 g/mol. The first-order chi connectivity index (χ1) is 13.3. The molecule has 0 saturated carbocycles. The number of halogens is 3. The summed E-state index contributed by atoms with van der Waals surface area (Å²) in [5.74, 6) is -2.97. The van der Waals surface area contributed by atoms with E-state index in [2.05, 4.69) is 0 Å². The molecule has 0 bridgehead atoms. The van der Waals surface area contributed by atoms with Crippen LogP contribution in [0.1, 0.15) is 30.4 Å². The Morgan fingerprint density at radius 1 is 1.18 bits per heavy atom. The van der Waals surface area contributed by atoms with Crippen LogP contribution in [0.2, 0.25) is 5.02 Å². The van der Waals surface area contributed by atoms with Crippen molar-refractivity contribution in [3.8, 4) is 0 Å². The van der Waals surface area contributed by atoms with Gasteiger partial charge in [0.15, 0.2) is 0 Å². The van der Waals surface area contributed by atoms with Gasteiger partial charge in [0.1, 0.15) is 18.2 Å². The molecule has 4 nitrogen and oxygen atoms in total. The van der Waals surface area contributed by atoms with Gasteiger partial charge in [-0.05, 0) is 36.8 Å². The van der Waals surface area contributed by atoms with Crippen molar-refractivity contribution in [2.45, 2.75) is 25.9 Å². The lowest BCUT2D eigenvalue weighted by Gasteiger charge is -2.32. The average Bonchev–Trinajstić information content (AvgIpc) is 2.66. The normalized spacial score (nSPS) is 17.1. The maximum Gasteiger partial charge on any atom is 0.336 e. The Hall–Kier alpha value is -2.73. The van der Waals surface area contributed by atoms with Crippen LogP contribution in [0.15, 0.2) is 53.7 Å². The number of amides is 1. The molecular weight excluding hydrogens is 388 g/mol. The fourth-order valence-corrected chi connectivity index (χ4v) is 3.31. The fraction of sp³-hybridized carbons (Fsp3) is 0.238. The lowest BCUT2D eigenvalue weighted by Crippen LogP contribution is -2.35. The number of rotatable bonds is 4. The first-order valence-electron chi connectivity index (χ1n) is 8.62. The Kier molecular flexibility index (Phi) is 5.79. The molecule has 0 fully saturated rings. The Balaban J connectivity index is 1.91. The Labute approximate surface area is 166 Å². The summed E-state index contributed by atoms with van der Waals surface area (Å²) in [6, 6.07) is 10.3. The molecule has 0 aliphatic carbocycles. The minimum absolute atomic E-state index is 0.0773. The highest BCUT2D eigenvalue weighted by molar-refractivity contribution is 6.30. The van der Waals surface area contributed by atoms with Gasteiger partial charge in [0, 0.05) is 30.1 Å². The predicted molar refractivity (Wildman–Crippen MR) is 100 cm³/mol. The maximum absolute atomic E-state index is 13.8. The molecule has 2 aromatic rings. The van der Waals surface area contributed by atoms with E-state index < -0.39 is 30.1 Å². The molecule has 1 heterocycles. The summed E-state index contributed by atoms with van der Waals surface area (Å²) >= 11 is 5.93. The van der Waals surface area contributed by atoms with Gasteiger partial charge in [0.25, 0.3) is 0 Å². The van der Waals surface area contributed by atoms with Gasteiger partial charge in [-0.25, -0.2) is 13.6 Å². The standard InChI is InChI=1S/C21H18ClF2NO3/c1-12-20(21(27)28-11-16-17(23)4-3-5-18(16)24)15(10-19(26)25(12)2)13-6-8-14(22)9-7-13/h3-9,15H,10-11H2,1-2H3. The molecule has 1 unspecified atom stereocenters. The van der Waals surface area contributed by atoms with E-state index in [1.54, 1.807) is 38.2 Å². The van der Waals surface area contributed by atoms with Crippen LogP contribution in [0.5, 0.6) is 0 Å². The molecule has 3 rings (SSSR count). The summed E-state index contributed by atoms with van der Waals surface area (Å²) in [6.07, 6.45) is 0.0773. The van der Waals surface area contributed by atoms with Gasteiger partial charge in [-0.1, -0.05) is 29.8 Å². The molecule has 0 saturated heterocycles. The Morgan fingerprint density at radius 3 is 2.39 bits per heavy atom. The SMILES string of the molecule is CC1=C(C(=O)OCc2c(F)cccc2F)C(c2ccc(Cl)cc2)CC(=O)N1C. The molecule has 1 aliphatic heterocycles. The summed E-state index contributed by atoms with van der Waals surface area (Å²) in [4.78, 5) is 26.5. The summed E-state index contributed by atoms with van der Waals surface area (Å²) in [5.41, 5.74) is 1.13. The lowest BCUT2D eigenvalue weighted by atomic mass is 9.84. The van der Waals surface area contributed by atoms with Gasteiger partial charge >= 0.3 is 5.97 Å². The number of hydrogen-bond acceptors (Lipinski definition) is 3. The first kappa shape index (κ1) is 20.0. The van der Waals surface area contributed by atoms with Crippen molar-refractivity contribution in [3.05, 3.63) is 81.5 Å². The van der Waals surface area contributed by atoms with Gasteiger partial charge in [-0.15, -0.1) is 0 Å². The molecule has 0 radical (unpaired) electrons. The highest BCUT2D eigenvalue weighted by Crippen LogP contribution is 2.37. The number of allylic oxidation sites excluding steroid dienone is 1. The van der Waals surface area contributed by atoms with Crippen molar-refractivity contribution in [3.63, 3.8) is 0 Å². The second-order valence-corrected chi connectivity index (χ2v) is 6.97. The summed E-state index contributed by atoms with van der Waals surface area (Å²) in [6.45, 7) is 1.10. The number of esters is 1. The van der Waals surface area contributed by atoms with Crippen molar-refractivity contribution < 1.29 is 23.1 Å². The van der Waals surface area contributed by atoms with E-state index in [9.17, 15) is 18.4 Å². The molecule has 0 spiro atoms. The van der Waals surface area contributed by atoms with E-state index >= 15 is 0 Å². The Bertz CT molecular complexity index is 936. The summed E-state index contributed by atoms with van der Waals surface area (Å²) < 4.78 is 32.8. The molecular formula is C21H18ClF2NO3. The first-order valence-corrected chi connectivity index (χ1v) is 9.00. The minimum atomic E-state index is -0.788. The largest absolute Gasteiger partial charge is 0.457 e. The topological polar surface area (TPSA) is 46.6 Å². The molecule has 1 amide bonds. The highest BCUT2D eigenvalue weighted by Gasteiger charge is 2.35. The zero-order valence-electron chi connectivity index (χ0n) is 15.3. The third-order valence-electron chi connectivity index (χ3n) is 4.90. The van der Waals surface area contributed by atoms with Crippen LogP contribution in [-0.4, -0.2) is 23.8 Å². The fourth-order valence-electron chi connectivity index (χ4n) is 3.19. The van der Waals surface area contributed by atoms with Crippen molar-refractivity contribution >= 4 is 23.5 Å². The zero-order chi connectivity index (χ0) is 20.4. The molecule has 0 aromatic heterocycles. The van der Waals surface area contributed by atoms with E-state index in [0.717, 1.165) is 17.7 Å². The third kappa shape index (κ3) is 3.92. The van der Waals surface area contributed by atoms with Gasteiger partial charge in [0.2, 0.25) is 5.91 Å². The van der Waals surface area contributed by atoms with Crippen molar-refractivity contribution in [1.29, 1.82) is 0 Å². The number of benzene rings is 2. The number of carbonyl (C=O) groups excluding carboxylic acids is 2. The van der Waals surface area contributed by atoms with Crippen molar-refractivity contribution in [2.75, 3.05) is 7.05 Å². The van der Waals surface area contributed by atoms with Crippen LogP contribution >= 0.6 is 11.6 Å². The summed E-state index contributed by atoms with van der Waals surface area (Å²) in [7, 11) is 1.57. The van der Waals surface area contributed by atoms with Crippen LogP contribution in [0.4, 0.5) is 8.78 Å². The van der Waals surface area contributed by atoms with Crippen molar-refractivity contribution in [2.24, 2.45) is 0 Å². The molecule has 0 N–H and O–H groups in total. The van der Waals surface area contributed by atoms with E-state index in [1.165, 1.54) is 11.0 Å². The van der Waals surface area contributed by atoms with E-state index in [0.29, 0.717) is 10.7 Å². The van der Waals surface area contributed by atoms with E-state index in [1.807, 2.05) is 0 Å². The van der Waals surface area contributed by atoms with Gasteiger partial charge in [0.05, 0.1) is 11.1 Å². The quantitative estimate of drug-likeness (QED) is 0.699. The lowest BCUT2D eigenvalue weighted by molar-refractivity contribution is -0.141. The zero-order valence-corrected chi connectivity index (χ0v) is 16.1. The van der Waals surface area contributed by atoms with E-state index in [-0.39, 0.29) is 23.5 Å². The van der Waals surface area contributed by atoms with E-state index in [4.69, 9.17) is 16.3 Å². The molecule has 2 aromatic carbocycles.